The molecule has 0 aromatic heterocycles. The Morgan fingerprint density at radius 3 is 2.19 bits per heavy atom. The van der Waals surface area contributed by atoms with Gasteiger partial charge in [0.2, 0.25) is 0 Å². The summed E-state index contributed by atoms with van der Waals surface area (Å²) < 4.78 is 0. The van der Waals surface area contributed by atoms with E-state index < -0.39 is 38.6 Å². The van der Waals surface area contributed by atoms with Crippen LogP contribution in [0.1, 0.15) is 35.2 Å². The highest BCUT2D eigenvalue weighted by atomic mass is 35.5. The number of non-ortho nitro benzene ring substituents is 1. The Kier molecular flexibility index (Phi) is 7.16. The van der Waals surface area contributed by atoms with E-state index in [0.29, 0.717) is 24.7 Å². The van der Waals surface area contributed by atoms with Crippen LogP contribution in [0.5, 0.6) is 0 Å². The molecule has 1 aliphatic heterocycles. The fourth-order valence-corrected chi connectivity index (χ4v) is 3.60. The summed E-state index contributed by atoms with van der Waals surface area (Å²) in [6.07, 6.45) is 2.60. The first-order chi connectivity index (χ1) is 15.3. The Morgan fingerprint density at radius 2 is 1.59 bits per heavy atom. The second-order valence-corrected chi connectivity index (χ2v) is 7.46. The summed E-state index contributed by atoms with van der Waals surface area (Å²) in [4.78, 5) is 48.4. The van der Waals surface area contributed by atoms with E-state index in [1.165, 1.54) is 0 Å². The molecule has 2 aromatic carbocycles. The maximum atomic E-state index is 13.2. The summed E-state index contributed by atoms with van der Waals surface area (Å²) in [5.41, 5.74) is -1.44. The lowest BCUT2D eigenvalue weighted by atomic mass is 10.1. The van der Waals surface area contributed by atoms with Crippen molar-refractivity contribution >= 4 is 39.8 Å². The van der Waals surface area contributed by atoms with Crippen LogP contribution in [0.25, 0.3) is 5.03 Å². The lowest BCUT2D eigenvalue weighted by Gasteiger charge is -2.28. The summed E-state index contributed by atoms with van der Waals surface area (Å²) in [5.74, 6) is -1.47. The summed E-state index contributed by atoms with van der Waals surface area (Å²) in [5, 5.41) is 24.8. The highest BCUT2D eigenvalue weighted by Crippen LogP contribution is 2.27. The third kappa shape index (κ3) is 5.09. The van der Waals surface area contributed by atoms with Gasteiger partial charge in [-0.2, -0.15) is 0 Å². The molecule has 32 heavy (non-hydrogen) atoms. The van der Waals surface area contributed by atoms with Gasteiger partial charge < -0.3 is 10.2 Å². The molecule has 0 spiro atoms. The first-order valence-corrected chi connectivity index (χ1v) is 10.2. The Hall–Kier alpha value is -3.79. The number of hydrogen-bond donors (Lipinski definition) is 1. The monoisotopic (exact) mass is 458 g/mol. The number of nitro benzene ring substituents is 2. The molecule has 0 atom stereocenters. The van der Waals surface area contributed by atoms with Gasteiger partial charge >= 0.3 is 0 Å². The Labute approximate surface area is 187 Å². The topological polar surface area (TPSA) is 136 Å². The lowest BCUT2D eigenvalue weighted by molar-refractivity contribution is -0.394. The standard InChI is InChI=1S/C21H19ClN4O6/c22-18(14-7-3-1-4-8-14)19(21(28)24-11-5-2-6-12-24)23-20(27)16-10-9-15(25(29)30)13-17(16)26(31)32/h1,3-4,7-10,13H,2,5-6,11-12H2,(H,23,27)/b19-18-. The zero-order chi connectivity index (χ0) is 23.3. The average molecular weight is 459 g/mol. The maximum absolute atomic E-state index is 13.2. The van der Waals surface area contributed by atoms with Gasteiger partial charge in [0.1, 0.15) is 11.3 Å². The third-order valence-electron chi connectivity index (χ3n) is 4.98. The molecule has 1 aliphatic rings. The largest absolute Gasteiger partial charge is 0.337 e. The number of halogens is 1. The number of nitrogens with one attached hydrogen (secondary N) is 1. The summed E-state index contributed by atoms with van der Waals surface area (Å²) in [6, 6.07) is 11.2. The molecular weight excluding hydrogens is 440 g/mol. The minimum atomic E-state index is -0.971. The molecule has 166 valence electrons. The third-order valence-corrected chi connectivity index (χ3v) is 5.38. The number of benzene rings is 2. The van der Waals surface area contributed by atoms with Gasteiger partial charge in [-0.05, 0) is 30.9 Å². The van der Waals surface area contributed by atoms with Gasteiger partial charge in [-0.1, -0.05) is 41.9 Å². The molecule has 11 heteroatoms. The molecule has 10 nitrogen and oxygen atoms in total. The van der Waals surface area contributed by atoms with Crippen LogP contribution in [0, 0.1) is 20.2 Å². The van der Waals surface area contributed by atoms with Crippen LogP contribution in [0.3, 0.4) is 0 Å². The fourth-order valence-electron chi connectivity index (χ4n) is 3.34. The van der Waals surface area contributed by atoms with Crippen molar-refractivity contribution in [2.45, 2.75) is 19.3 Å². The Bertz CT molecular complexity index is 1100. The van der Waals surface area contributed by atoms with Crippen molar-refractivity contribution in [3.05, 3.63) is 85.6 Å². The average Bonchev–Trinajstić information content (AvgIpc) is 2.82. The fraction of sp³-hybridized carbons (Fsp3) is 0.238. The van der Waals surface area contributed by atoms with Crippen LogP contribution in [0.4, 0.5) is 11.4 Å². The van der Waals surface area contributed by atoms with E-state index in [-0.39, 0.29) is 10.7 Å². The number of piperidine rings is 1. The zero-order valence-corrected chi connectivity index (χ0v) is 17.6. The van der Waals surface area contributed by atoms with Gasteiger partial charge in [-0.25, -0.2) is 0 Å². The minimum absolute atomic E-state index is 0.0147. The highest BCUT2D eigenvalue weighted by molar-refractivity contribution is 6.51. The number of hydrogen-bond acceptors (Lipinski definition) is 6. The second-order valence-electron chi connectivity index (χ2n) is 7.08. The normalized spacial score (nSPS) is 14.3. The van der Waals surface area contributed by atoms with Gasteiger partial charge in [0.05, 0.1) is 20.9 Å². The molecule has 1 saturated heterocycles. The molecule has 1 heterocycles. The predicted octanol–water partition coefficient (Wildman–Crippen LogP) is 3.85. The van der Waals surface area contributed by atoms with Crippen molar-refractivity contribution in [3.8, 4) is 0 Å². The highest BCUT2D eigenvalue weighted by Gasteiger charge is 2.29. The van der Waals surface area contributed by atoms with Crippen LogP contribution >= 0.6 is 11.6 Å². The first kappa shape index (κ1) is 22.9. The van der Waals surface area contributed by atoms with Gasteiger partial charge in [0.25, 0.3) is 23.2 Å². The summed E-state index contributed by atoms with van der Waals surface area (Å²) in [6.45, 7) is 0.990. The molecule has 0 saturated carbocycles. The summed E-state index contributed by atoms with van der Waals surface area (Å²) in [7, 11) is 0. The van der Waals surface area contributed by atoms with Crippen molar-refractivity contribution in [2.75, 3.05) is 13.1 Å². The van der Waals surface area contributed by atoms with Gasteiger partial charge in [0.15, 0.2) is 0 Å². The summed E-state index contributed by atoms with van der Waals surface area (Å²) >= 11 is 6.48. The van der Waals surface area contributed by atoms with E-state index in [0.717, 1.165) is 31.4 Å². The van der Waals surface area contributed by atoms with E-state index in [4.69, 9.17) is 11.6 Å². The van der Waals surface area contributed by atoms with Crippen molar-refractivity contribution < 1.29 is 19.4 Å². The maximum Gasteiger partial charge on any atom is 0.289 e. The Morgan fingerprint density at radius 1 is 0.938 bits per heavy atom. The second kappa shape index (κ2) is 10.0. The van der Waals surface area contributed by atoms with E-state index >= 15 is 0 Å². The number of likely N-dealkylation sites (tertiary alicyclic amines) is 1. The number of carbonyl (C=O) groups is 2. The Balaban J connectivity index is 2.01. The van der Waals surface area contributed by atoms with E-state index in [2.05, 4.69) is 5.32 Å². The van der Waals surface area contributed by atoms with Crippen molar-refractivity contribution in [1.82, 2.24) is 10.2 Å². The molecular formula is C21H19ClN4O6. The lowest BCUT2D eigenvalue weighted by Crippen LogP contribution is -2.41. The SMILES string of the molecule is O=C(N/C(C(=O)N1CCCCC1)=C(\Cl)c1ccccc1)c1ccc([N+](=O)[O-])cc1[N+](=O)[O-]. The number of carbonyl (C=O) groups excluding carboxylic acids is 2. The van der Waals surface area contributed by atoms with Gasteiger partial charge in [-0.15, -0.1) is 0 Å². The minimum Gasteiger partial charge on any atom is -0.337 e. The van der Waals surface area contributed by atoms with E-state index in [1.54, 1.807) is 35.2 Å². The first-order valence-electron chi connectivity index (χ1n) is 9.78. The zero-order valence-electron chi connectivity index (χ0n) is 16.8. The molecule has 3 rings (SSSR count). The van der Waals surface area contributed by atoms with Crippen LogP contribution in [-0.4, -0.2) is 39.7 Å². The van der Waals surface area contributed by atoms with Crippen LogP contribution in [-0.2, 0) is 4.79 Å². The van der Waals surface area contributed by atoms with Gasteiger partial charge in [-0.3, -0.25) is 29.8 Å². The van der Waals surface area contributed by atoms with Crippen LogP contribution < -0.4 is 5.32 Å². The number of nitrogens with zero attached hydrogens (tertiary/aromatic N) is 3. The quantitative estimate of drug-likeness (QED) is 0.396. The molecule has 0 radical (unpaired) electrons. The number of amides is 2. The van der Waals surface area contributed by atoms with E-state index in [1.807, 2.05) is 0 Å². The molecule has 0 bridgehead atoms. The molecule has 2 aromatic rings. The molecule has 1 N–H and O–H groups in total. The smallest absolute Gasteiger partial charge is 0.289 e. The molecule has 1 fully saturated rings. The van der Waals surface area contributed by atoms with Gasteiger partial charge in [0, 0.05) is 19.2 Å². The van der Waals surface area contributed by atoms with Crippen molar-refractivity contribution in [3.63, 3.8) is 0 Å². The molecule has 2 amide bonds. The number of rotatable bonds is 6. The molecule has 0 unspecified atom stereocenters. The van der Waals surface area contributed by atoms with E-state index in [9.17, 15) is 29.8 Å². The van der Waals surface area contributed by atoms with Crippen LogP contribution in [0.15, 0.2) is 54.2 Å². The van der Waals surface area contributed by atoms with Crippen LogP contribution in [0.2, 0.25) is 0 Å². The molecule has 0 aliphatic carbocycles. The number of nitro groups is 2. The van der Waals surface area contributed by atoms with Crippen molar-refractivity contribution in [2.24, 2.45) is 0 Å². The predicted molar refractivity (Wildman–Crippen MR) is 117 cm³/mol. The van der Waals surface area contributed by atoms with Crippen molar-refractivity contribution in [1.29, 1.82) is 0 Å².